The summed E-state index contributed by atoms with van der Waals surface area (Å²) in [5, 5.41) is 9.66. The minimum absolute atomic E-state index is 0.0237. The van der Waals surface area contributed by atoms with Crippen LogP contribution in [0.1, 0.15) is 21.1 Å². The average Bonchev–Trinajstić information content (AvgIpc) is 3.06. The quantitative estimate of drug-likeness (QED) is 0.741. The van der Waals surface area contributed by atoms with E-state index in [0.717, 1.165) is 9.35 Å². The van der Waals surface area contributed by atoms with Crippen molar-refractivity contribution in [2.45, 2.75) is 13.0 Å². The Labute approximate surface area is 133 Å². The van der Waals surface area contributed by atoms with Gasteiger partial charge in [0.15, 0.2) is 5.69 Å². The molecule has 2 heterocycles. The van der Waals surface area contributed by atoms with Crippen molar-refractivity contribution in [3.8, 4) is 0 Å². The number of esters is 2. The molecule has 0 aliphatic heterocycles. The van der Waals surface area contributed by atoms with Crippen LogP contribution in [0.25, 0.3) is 0 Å². The molecule has 0 amide bonds. The molecule has 0 N–H and O–H groups in total. The maximum absolute atomic E-state index is 11.7. The second-order valence-corrected chi connectivity index (χ2v) is 5.83. The van der Waals surface area contributed by atoms with Gasteiger partial charge >= 0.3 is 11.9 Å². The molecule has 0 unspecified atom stereocenters. The van der Waals surface area contributed by atoms with Crippen LogP contribution in [0.5, 0.6) is 0 Å². The summed E-state index contributed by atoms with van der Waals surface area (Å²) in [5.74, 6) is -1.11. The number of hydrogen-bond donors (Lipinski definition) is 0. The first kappa shape index (κ1) is 15.6. The molecule has 0 radical (unpaired) electrons. The van der Waals surface area contributed by atoms with E-state index in [4.69, 9.17) is 0 Å². The Hall–Kier alpha value is -1.74. The molecule has 0 saturated heterocycles. The first-order valence-corrected chi connectivity index (χ1v) is 7.53. The molecule has 0 atom stereocenters. The van der Waals surface area contributed by atoms with E-state index >= 15 is 0 Å². The highest BCUT2D eigenvalue weighted by atomic mass is 79.9. The van der Waals surface area contributed by atoms with Crippen molar-refractivity contribution >= 4 is 39.2 Å². The second-order valence-electron chi connectivity index (χ2n) is 3.98. The zero-order valence-electron chi connectivity index (χ0n) is 11.3. The van der Waals surface area contributed by atoms with Gasteiger partial charge in [-0.05, 0) is 27.4 Å². The van der Waals surface area contributed by atoms with Gasteiger partial charge in [-0.25, -0.2) is 9.48 Å². The van der Waals surface area contributed by atoms with Crippen LogP contribution in [0, 0.1) is 0 Å². The Balaban J connectivity index is 2.36. The highest BCUT2D eigenvalue weighted by Gasteiger charge is 2.23. The van der Waals surface area contributed by atoms with Crippen molar-refractivity contribution in [3.05, 3.63) is 32.2 Å². The summed E-state index contributed by atoms with van der Waals surface area (Å²) in [6.07, 6.45) is -0.100. The standard InChI is InChI=1S/C12H12BrN3O4S/c1-19-10(17)5-8-11(12(18)20-2)14-15-16(8)6-9-7(13)3-4-21-9/h3-4H,5-6H2,1-2H3. The molecule has 2 aromatic rings. The predicted molar refractivity (Wildman–Crippen MR) is 78.2 cm³/mol. The Kier molecular flexibility index (Phi) is 5.07. The molecule has 0 spiro atoms. The molecule has 21 heavy (non-hydrogen) atoms. The summed E-state index contributed by atoms with van der Waals surface area (Å²) < 4.78 is 11.7. The summed E-state index contributed by atoms with van der Waals surface area (Å²) in [6, 6.07) is 1.91. The van der Waals surface area contributed by atoms with Crippen LogP contribution >= 0.6 is 27.3 Å². The van der Waals surface area contributed by atoms with Gasteiger partial charge in [0.25, 0.3) is 0 Å². The monoisotopic (exact) mass is 373 g/mol. The molecule has 2 aromatic heterocycles. The van der Waals surface area contributed by atoms with Crippen molar-refractivity contribution in [2.75, 3.05) is 14.2 Å². The largest absolute Gasteiger partial charge is 0.469 e. The van der Waals surface area contributed by atoms with E-state index in [1.807, 2.05) is 11.4 Å². The van der Waals surface area contributed by atoms with Crippen molar-refractivity contribution in [3.63, 3.8) is 0 Å². The van der Waals surface area contributed by atoms with Crippen molar-refractivity contribution < 1.29 is 19.1 Å². The lowest BCUT2D eigenvalue weighted by molar-refractivity contribution is -0.139. The van der Waals surface area contributed by atoms with Crippen molar-refractivity contribution in [1.29, 1.82) is 0 Å². The fourth-order valence-electron chi connectivity index (χ4n) is 1.67. The minimum Gasteiger partial charge on any atom is -0.469 e. The first-order valence-electron chi connectivity index (χ1n) is 5.86. The highest BCUT2D eigenvalue weighted by molar-refractivity contribution is 9.10. The van der Waals surface area contributed by atoms with Gasteiger partial charge in [-0.3, -0.25) is 4.79 Å². The zero-order chi connectivity index (χ0) is 15.4. The zero-order valence-corrected chi connectivity index (χ0v) is 13.7. The fourth-order valence-corrected chi connectivity index (χ4v) is 3.13. The first-order chi connectivity index (χ1) is 10.1. The van der Waals surface area contributed by atoms with Gasteiger partial charge in [-0.2, -0.15) is 0 Å². The van der Waals surface area contributed by atoms with Crippen LogP contribution in [0.15, 0.2) is 15.9 Å². The van der Waals surface area contributed by atoms with Crippen LogP contribution in [-0.2, 0) is 27.2 Å². The van der Waals surface area contributed by atoms with E-state index in [1.54, 1.807) is 0 Å². The molecule has 0 fully saturated rings. The molecule has 0 aliphatic carbocycles. The Bertz CT molecular complexity index is 667. The third kappa shape index (κ3) is 3.48. The van der Waals surface area contributed by atoms with Crippen LogP contribution in [0.3, 0.4) is 0 Å². The van der Waals surface area contributed by atoms with E-state index in [-0.39, 0.29) is 12.1 Å². The number of hydrogen-bond acceptors (Lipinski definition) is 7. The molecule has 2 rings (SSSR count). The van der Waals surface area contributed by atoms with E-state index in [2.05, 4.69) is 35.7 Å². The smallest absolute Gasteiger partial charge is 0.360 e. The highest BCUT2D eigenvalue weighted by Crippen LogP contribution is 2.24. The molecular formula is C12H12BrN3O4S. The number of aromatic nitrogens is 3. The van der Waals surface area contributed by atoms with Gasteiger partial charge in [0.2, 0.25) is 0 Å². The number of thiophene rings is 1. The van der Waals surface area contributed by atoms with Crippen LogP contribution in [0.2, 0.25) is 0 Å². The lowest BCUT2D eigenvalue weighted by atomic mass is 10.2. The topological polar surface area (TPSA) is 83.3 Å². The van der Waals surface area contributed by atoms with Crippen molar-refractivity contribution in [2.24, 2.45) is 0 Å². The molecule has 9 heteroatoms. The van der Waals surface area contributed by atoms with E-state index in [1.165, 1.54) is 30.2 Å². The SMILES string of the molecule is COC(=O)Cc1c(C(=O)OC)nnn1Cc1sccc1Br. The van der Waals surface area contributed by atoms with Gasteiger partial charge in [-0.1, -0.05) is 5.21 Å². The van der Waals surface area contributed by atoms with Crippen molar-refractivity contribution in [1.82, 2.24) is 15.0 Å². The summed E-state index contributed by atoms with van der Waals surface area (Å²) in [6.45, 7) is 0.397. The molecule has 112 valence electrons. The van der Waals surface area contributed by atoms with Gasteiger partial charge in [-0.15, -0.1) is 16.4 Å². The van der Waals surface area contributed by atoms with E-state index in [0.29, 0.717) is 12.2 Å². The molecule has 0 aromatic carbocycles. The van der Waals surface area contributed by atoms with Gasteiger partial charge in [0.1, 0.15) is 0 Å². The van der Waals surface area contributed by atoms with Gasteiger partial charge in [0.05, 0.1) is 32.9 Å². The number of ether oxygens (including phenoxy) is 2. The number of methoxy groups -OCH3 is 2. The maximum atomic E-state index is 11.7. The maximum Gasteiger partial charge on any atom is 0.360 e. The van der Waals surface area contributed by atoms with Gasteiger partial charge in [0, 0.05) is 9.35 Å². The van der Waals surface area contributed by atoms with E-state index in [9.17, 15) is 9.59 Å². The number of rotatable bonds is 5. The number of halogens is 1. The predicted octanol–water partition coefficient (Wildman–Crippen LogP) is 1.65. The molecule has 0 bridgehead atoms. The molecule has 7 nitrogen and oxygen atoms in total. The Morgan fingerprint density at radius 1 is 1.38 bits per heavy atom. The molecular weight excluding hydrogens is 362 g/mol. The summed E-state index contributed by atoms with van der Waals surface area (Å²) in [5.41, 5.74) is 0.393. The van der Waals surface area contributed by atoms with Crippen LogP contribution in [-0.4, -0.2) is 41.2 Å². The van der Waals surface area contributed by atoms with Gasteiger partial charge < -0.3 is 9.47 Å². The lowest BCUT2D eigenvalue weighted by Crippen LogP contribution is -2.15. The molecule has 0 aliphatic rings. The average molecular weight is 374 g/mol. The second kappa shape index (κ2) is 6.81. The number of nitrogens with zero attached hydrogens (tertiary/aromatic N) is 3. The normalized spacial score (nSPS) is 10.4. The summed E-state index contributed by atoms with van der Waals surface area (Å²) in [7, 11) is 2.53. The summed E-state index contributed by atoms with van der Waals surface area (Å²) in [4.78, 5) is 24.2. The van der Waals surface area contributed by atoms with Crippen LogP contribution < -0.4 is 0 Å². The third-order valence-electron chi connectivity index (χ3n) is 2.74. The third-order valence-corrected chi connectivity index (χ3v) is 4.65. The number of carbonyl (C=O) groups is 2. The Morgan fingerprint density at radius 2 is 2.14 bits per heavy atom. The lowest BCUT2D eigenvalue weighted by Gasteiger charge is -2.06. The van der Waals surface area contributed by atoms with Crippen LogP contribution in [0.4, 0.5) is 0 Å². The minimum atomic E-state index is -0.634. The molecule has 0 saturated carbocycles. The number of carbonyl (C=O) groups excluding carboxylic acids is 2. The Morgan fingerprint density at radius 3 is 2.71 bits per heavy atom. The summed E-state index contributed by atoms with van der Waals surface area (Å²) >= 11 is 4.96. The fraction of sp³-hybridized carbons (Fsp3) is 0.333. The van der Waals surface area contributed by atoms with E-state index < -0.39 is 11.9 Å².